The first kappa shape index (κ1) is 24.6. The zero-order valence-electron chi connectivity index (χ0n) is 19.0. The van der Waals surface area contributed by atoms with Crippen LogP contribution in [0.5, 0.6) is 17.2 Å². The molecule has 1 aromatic heterocycles. The van der Waals surface area contributed by atoms with Gasteiger partial charge in [-0.1, -0.05) is 0 Å². The number of quaternary nitrogens is 1. The van der Waals surface area contributed by atoms with Crippen molar-refractivity contribution in [3.63, 3.8) is 0 Å². The lowest BCUT2D eigenvalue weighted by Crippen LogP contribution is -3.10. The number of halogens is 3. The number of carbonyl (C=O) groups is 1. The Hall–Kier alpha value is -3.53. The van der Waals surface area contributed by atoms with E-state index in [4.69, 9.17) is 9.15 Å². The summed E-state index contributed by atoms with van der Waals surface area (Å²) in [7, 11) is 1.20. The molecule has 1 fully saturated rings. The number of phenolic OH excluding ortho intramolecular Hbond substituents is 1. The van der Waals surface area contributed by atoms with Crippen molar-refractivity contribution in [1.82, 2.24) is 0 Å². The molecule has 2 N–H and O–H groups in total. The van der Waals surface area contributed by atoms with Gasteiger partial charge >= 0.3 is 12.1 Å². The van der Waals surface area contributed by atoms with E-state index in [1.165, 1.54) is 43.5 Å². The Morgan fingerprint density at radius 1 is 1.06 bits per heavy atom. The van der Waals surface area contributed by atoms with Crippen molar-refractivity contribution in [2.24, 2.45) is 0 Å². The quantitative estimate of drug-likeness (QED) is 0.523. The van der Waals surface area contributed by atoms with Crippen LogP contribution in [0.1, 0.15) is 47.4 Å². The smallest absolute Gasteiger partial charge is 0.453 e. The molecule has 186 valence electrons. The summed E-state index contributed by atoms with van der Waals surface area (Å²) >= 11 is 0. The van der Waals surface area contributed by atoms with Gasteiger partial charge in [0.15, 0.2) is 5.58 Å². The minimum atomic E-state index is -5.03. The number of alkyl halides is 3. The van der Waals surface area contributed by atoms with E-state index in [1.54, 1.807) is 0 Å². The van der Waals surface area contributed by atoms with Gasteiger partial charge in [0.2, 0.25) is 11.2 Å². The second kappa shape index (κ2) is 9.99. The molecule has 0 spiro atoms. The van der Waals surface area contributed by atoms with Gasteiger partial charge in [-0.05, 0) is 62.1 Å². The van der Waals surface area contributed by atoms with Gasteiger partial charge in [0.25, 0.3) is 5.76 Å². The molecule has 1 saturated heterocycles. The largest absolute Gasteiger partial charge is 0.507 e. The first-order valence-electron chi connectivity index (χ1n) is 11.3. The molecule has 3 aromatic rings. The molecule has 0 unspecified atom stereocenters. The van der Waals surface area contributed by atoms with Crippen LogP contribution in [-0.2, 0) is 17.5 Å². The van der Waals surface area contributed by atoms with E-state index in [0.717, 1.165) is 43.7 Å². The van der Waals surface area contributed by atoms with Crippen LogP contribution < -0.4 is 15.1 Å². The van der Waals surface area contributed by atoms with Crippen LogP contribution in [0.25, 0.3) is 11.0 Å². The summed E-state index contributed by atoms with van der Waals surface area (Å²) in [5.74, 6) is -3.56. The second-order valence-corrected chi connectivity index (χ2v) is 8.49. The van der Waals surface area contributed by atoms with Crippen LogP contribution in [0.3, 0.4) is 0 Å². The van der Waals surface area contributed by atoms with Gasteiger partial charge in [-0.25, -0.2) is 4.79 Å². The number of esters is 1. The van der Waals surface area contributed by atoms with E-state index < -0.39 is 29.1 Å². The van der Waals surface area contributed by atoms with E-state index in [1.807, 2.05) is 0 Å². The standard InChI is InChI=1S/C25H24F3NO6/c1-33-24(32)15-6-8-16(9-7-15)34-22-20(31)17-10-11-19(30)18(14-29-12-4-2-3-5-13-29)21(17)35-23(22)25(26,27)28/h6-11,30H,2-5,12-14H2,1H3/p+1. The minimum Gasteiger partial charge on any atom is -0.507 e. The third kappa shape index (κ3) is 5.27. The maximum Gasteiger partial charge on any atom is 0.453 e. The molecule has 1 aliphatic heterocycles. The fourth-order valence-electron chi connectivity index (χ4n) is 4.29. The number of rotatable bonds is 5. The molecule has 7 nitrogen and oxygen atoms in total. The molecule has 2 aromatic carbocycles. The third-order valence-corrected chi connectivity index (χ3v) is 6.09. The number of phenols is 1. The fraction of sp³-hybridized carbons (Fsp3) is 0.360. The predicted octanol–water partition coefficient (Wildman–Crippen LogP) is 4.06. The molecule has 2 heterocycles. The maximum absolute atomic E-state index is 14.0. The highest BCUT2D eigenvalue weighted by Crippen LogP contribution is 2.39. The number of hydrogen-bond donors (Lipinski definition) is 2. The number of ether oxygens (including phenoxy) is 2. The molecule has 0 atom stereocenters. The molecule has 0 saturated carbocycles. The zero-order chi connectivity index (χ0) is 25.2. The van der Waals surface area contributed by atoms with Crippen molar-refractivity contribution in [1.29, 1.82) is 0 Å². The van der Waals surface area contributed by atoms with Gasteiger partial charge in [0.1, 0.15) is 18.0 Å². The summed E-state index contributed by atoms with van der Waals surface area (Å²) in [5, 5.41) is 10.3. The summed E-state index contributed by atoms with van der Waals surface area (Å²) in [6.45, 7) is 1.86. The number of likely N-dealkylation sites (tertiary alicyclic amines) is 1. The summed E-state index contributed by atoms with van der Waals surface area (Å²) in [6.07, 6.45) is -0.914. The first-order chi connectivity index (χ1) is 16.7. The number of fused-ring (bicyclic) bond motifs is 1. The average Bonchev–Trinajstić information content (AvgIpc) is 3.10. The number of carbonyl (C=O) groups excluding carboxylic acids is 1. The topological polar surface area (TPSA) is 90.4 Å². The summed E-state index contributed by atoms with van der Waals surface area (Å²) in [6, 6.07) is 7.62. The maximum atomic E-state index is 14.0. The number of benzene rings is 2. The summed E-state index contributed by atoms with van der Waals surface area (Å²) < 4.78 is 57.1. The lowest BCUT2D eigenvalue weighted by atomic mass is 10.1. The van der Waals surface area contributed by atoms with Gasteiger partial charge in [0.05, 0.1) is 36.7 Å². The lowest BCUT2D eigenvalue weighted by molar-refractivity contribution is -0.913. The Labute approximate surface area is 198 Å². The molecule has 1 aliphatic rings. The predicted molar refractivity (Wildman–Crippen MR) is 120 cm³/mol. The van der Waals surface area contributed by atoms with Crippen LogP contribution in [0.2, 0.25) is 0 Å². The van der Waals surface area contributed by atoms with Crippen molar-refractivity contribution in [3.05, 3.63) is 63.5 Å². The van der Waals surface area contributed by atoms with Gasteiger partial charge in [-0.2, -0.15) is 13.2 Å². The van der Waals surface area contributed by atoms with E-state index in [-0.39, 0.29) is 40.1 Å². The second-order valence-electron chi connectivity index (χ2n) is 8.49. The summed E-state index contributed by atoms with van der Waals surface area (Å²) in [4.78, 5) is 25.9. The highest BCUT2D eigenvalue weighted by atomic mass is 19.4. The molecule has 0 amide bonds. The highest BCUT2D eigenvalue weighted by molar-refractivity contribution is 5.89. The SMILES string of the molecule is COC(=O)c1ccc(Oc2c(C(F)(F)F)oc3c(C[NH+]4CCCCCC4)c(O)ccc3c2=O)cc1. The van der Waals surface area contributed by atoms with Crippen LogP contribution in [0, 0.1) is 0 Å². The van der Waals surface area contributed by atoms with Crippen molar-refractivity contribution in [2.75, 3.05) is 20.2 Å². The van der Waals surface area contributed by atoms with Gasteiger partial charge in [-0.3, -0.25) is 4.79 Å². The fourth-order valence-corrected chi connectivity index (χ4v) is 4.29. The Kier molecular flexibility index (Phi) is 7.02. The molecule has 0 bridgehead atoms. The Balaban J connectivity index is 1.80. The van der Waals surface area contributed by atoms with Crippen molar-refractivity contribution >= 4 is 16.9 Å². The molecular formula is C25H25F3NO6+. The number of hydrogen-bond acceptors (Lipinski definition) is 6. The Morgan fingerprint density at radius 2 is 1.71 bits per heavy atom. The van der Waals surface area contributed by atoms with Crippen molar-refractivity contribution in [2.45, 2.75) is 38.4 Å². The minimum absolute atomic E-state index is 0.0946. The Bertz CT molecular complexity index is 1280. The van der Waals surface area contributed by atoms with Crippen LogP contribution in [-0.4, -0.2) is 31.3 Å². The molecule has 0 radical (unpaired) electrons. The van der Waals surface area contributed by atoms with Gasteiger partial charge in [0, 0.05) is 0 Å². The van der Waals surface area contributed by atoms with Crippen LogP contribution in [0.15, 0.2) is 45.6 Å². The van der Waals surface area contributed by atoms with E-state index in [0.29, 0.717) is 0 Å². The third-order valence-electron chi connectivity index (χ3n) is 6.09. The zero-order valence-corrected chi connectivity index (χ0v) is 19.0. The van der Waals surface area contributed by atoms with E-state index in [9.17, 15) is 27.9 Å². The molecule has 35 heavy (non-hydrogen) atoms. The lowest BCUT2D eigenvalue weighted by Gasteiger charge is -2.19. The number of nitrogens with one attached hydrogen (secondary N) is 1. The number of methoxy groups -OCH3 is 1. The normalized spacial score (nSPS) is 15.1. The Morgan fingerprint density at radius 3 is 2.31 bits per heavy atom. The summed E-state index contributed by atoms with van der Waals surface area (Å²) in [5.41, 5.74) is -0.983. The average molecular weight is 492 g/mol. The van der Waals surface area contributed by atoms with E-state index >= 15 is 0 Å². The molecular weight excluding hydrogens is 467 g/mol. The number of aromatic hydroxyl groups is 1. The van der Waals surface area contributed by atoms with Crippen molar-refractivity contribution in [3.8, 4) is 17.2 Å². The molecule has 4 rings (SSSR count). The first-order valence-corrected chi connectivity index (χ1v) is 11.3. The monoisotopic (exact) mass is 492 g/mol. The van der Waals surface area contributed by atoms with Crippen LogP contribution in [0.4, 0.5) is 13.2 Å². The highest BCUT2D eigenvalue weighted by Gasteiger charge is 2.41. The molecule has 0 aliphatic carbocycles. The van der Waals surface area contributed by atoms with E-state index in [2.05, 4.69) is 4.74 Å². The molecule has 10 heteroatoms. The van der Waals surface area contributed by atoms with Crippen LogP contribution >= 0.6 is 0 Å². The van der Waals surface area contributed by atoms with Gasteiger partial charge in [-0.15, -0.1) is 0 Å². The van der Waals surface area contributed by atoms with Gasteiger partial charge < -0.3 is 23.9 Å². The van der Waals surface area contributed by atoms with Crippen molar-refractivity contribution < 1.29 is 41.9 Å².